The Bertz CT molecular complexity index is 694. The monoisotopic (exact) mass is 314 g/mol. The van der Waals surface area contributed by atoms with Gasteiger partial charge in [-0.25, -0.2) is 0 Å². The number of aromatic hydroxyl groups is 1. The standard InChI is InChI=1S/C18H22N2O3/c1-23-13-18(22)20-8-6-19(7-9-20)12-14-2-3-16-11-17(21)5-4-15(16)10-14/h2-5,10-11,21H,6-9,12-13H2,1H3. The summed E-state index contributed by atoms with van der Waals surface area (Å²) in [6.07, 6.45) is 0. The molecule has 1 saturated heterocycles. The molecule has 0 saturated carbocycles. The van der Waals surface area contributed by atoms with Crippen molar-refractivity contribution in [3.05, 3.63) is 42.0 Å². The fourth-order valence-electron chi connectivity index (χ4n) is 3.01. The molecule has 1 heterocycles. The highest BCUT2D eigenvalue weighted by Gasteiger charge is 2.20. The van der Waals surface area contributed by atoms with E-state index in [1.54, 1.807) is 19.2 Å². The number of rotatable bonds is 4. The molecule has 0 aliphatic carbocycles. The van der Waals surface area contributed by atoms with Crippen molar-refractivity contribution in [2.45, 2.75) is 6.54 Å². The fraction of sp³-hybridized carbons (Fsp3) is 0.389. The zero-order valence-corrected chi connectivity index (χ0v) is 13.4. The number of benzene rings is 2. The van der Waals surface area contributed by atoms with Crippen molar-refractivity contribution in [3.63, 3.8) is 0 Å². The van der Waals surface area contributed by atoms with Gasteiger partial charge in [0.2, 0.25) is 5.91 Å². The fourth-order valence-corrected chi connectivity index (χ4v) is 3.01. The van der Waals surface area contributed by atoms with Gasteiger partial charge in [0.05, 0.1) is 0 Å². The maximum atomic E-state index is 11.8. The molecule has 0 atom stereocenters. The molecule has 1 N–H and O–H groups in total. The summed E-state index contributed by atoms with van der Waals surface area (Å²) in [5, 5.41) is 11.7. The lowest BCUT2D eigenvalue weighted by Crippen LogP contribution is -2.49. The first-order valence-electron chi connectivity index (χ1n) is 7.86. The normalized spacial score (nSPS) is 16.0. The van der Waals surface area contributed by atoms with Gasteiger partial charge in [-0.15, -0.1) is 0 Å². The molecule has 2 aromatic rings. The molecule has 0 radical (unpaired) electrons. The molecule has 2 aromatic carbocycles. The van der Waals surface area contributed by atoms with Crippen molar-refractivity contribution in [1.29, 1.82) is 0 Å². The van der Waals surface area contributed by atoms with E-state index in [0.29, 0.717) is 5.75 Å². The van der Waals surface area contributed by atoms with Gasteiger partial charge in [-0.3, -0.25) is 9.69 Å². The number of hydrogen-bond acceptors (Lipinski definition) is 4. The van der Waals surface area contributed by atoms with Crippen LogP contribution in [0.25, 0.3) is 10.8 Å². The van der Waals surface area contributed by atoms with Crippen LogP contribution in [0, 0.1) is 0 Å². The molecule has 1 aliphatic rings. The van der Waals surface area contributed by atoms with E-state index in [0.717, 1.165) is 43.5 Å². The van der Waals surface area contributed by atoms with Crippen LogP contribution in [-0.2, 0) is 16.1 Å². The number of nitrogens with zero attached hydrogens (tertiary/aromatic N) is 2. The summed E-state index contributed by atoms with van der Waals surface area (Å²) in [4.78, 5) is 16.0. The second-order valence-corrected chi connectivity index (χ2v) is 5.96. The summed E-state index contributed by atoms with van der Waals surface area (Å²) in [5.41, 5.74) is 1.25. The first kappa shape index (κ1) is 15.8. The molecule has 0 spiro atoms. The molecule has 1 amide bonds. The number of carbonyl (C=O) groups excluding carboxylic acids is 1. The Morgan fingerprint density at radius 1 is 1.09 bits per heavy atom. The lowest BCUT2D eigenvalue weighted by Gasteiger charge is -2.34. The van der Waals surface area contributed by atoms with Gasteiger partial charge < -0.3 is 14.7 Å². The van der Waals surface area contributed by atoms with E-state index < -0.39 is 0 Å². The minimum Gasteiger partial charge on any atom is -0.508 e. The highest BCUT2D eigenvalue weighted by molar-refractivity contribution is 5.84. The van der Waals surface area contributed by atoms with Crippen molar-refractivity contribution < 1.29 is 14.6 Å². The van der Waals surface area contributed by atoms with E-state index in [4.69, 9.17) is 4.74 Å². The van der Waals surface area contributed by atoms with E-state index in [9.17, 15) is 9.90 Å². The van der Waals surface area contributed by atoms with Crippen LogP contribution in [0.15, 0.2) is 36.4 Å². The van der Waals surface area contributed by atoms with Gasteiger partial charge in [-0.1, -0.05) is 18.2 Å². The van der Waals surface area contributed by atoms with E-state index >= 15 is 0 Å². The Kier molecular flexibility index (Phi) is 4.79. The third kappa shape index (κ3) is 3.81. The molecule has 0 bridgehead atoms. The van der Waals surface area contributed by atoms with Crippen molar-refractivity contribution in [2.75, 3.05) is 39.9 Å². The number of carbonyl (C=O) groups is 1. The molecular weight excluding hydrogens is 292 g/mol. The highest BCUT2D eigenvalue weighted by Crippen LogP contribution is 2.22. The Morgan fingerprint density at radius 2 is 1.78 bits per heavy atom. The Morgan fingerprint density at radius 3 is 2.52 bits per heavy atom. The Hall–Kier alpha value is -2.11. The number of hydrogen-bond donors (Lipinski definition) is 1. The highest BCUT2D eigenvalue weighted by atomic mass is 16.5. The molecule has 122 valence electrons. The average Bonchev–Trinajstić information content (AvgIpc) is 2.56. The van der Waals surface area contributed by atoms with Crippen molar-refractivity contribution >= 4 is 16.7 Å². The van der Waals surface area contributed by atoms with Crippen LogP contribution in [0.5, 0.6) is 5.75 Å². The second kappa shape index (κ2) is 6.98. The number of methoxy groups -OCH3 is 1. The lowest BCUT2D eigenvalue weighted by molar-refractivity contribution is -0.136. The van der Waals surface area contributed by atoms with Gasteiger partial charge in [0, 0.05) is 39.8 Å². The summed E-state index contributed by atoms with van der Waals surface area (Å²) < 4.78 is 4.91. The largest absolute Gasteiger partial charge is 0.508 e. The molecule has 0 aromatic heterocycles. The molecule has 23 heavy (non-hydrogen) atoms. The molecular formula is C18H22N2O3. The average molecular weight is 314 g/mol. The van der Waals surface area contributed by atoms with Crippen LogP contribution in [0.3, 0.4) is 0 Å². The molecule has 0 unspecified atom stereocenters. The van der Waals surface area contributed by atoms with Gasteiger partial charge in [0.1, 0.15) is 12.4 Å². The SMILES string of the molecule is COCC(=O)N1CCN(Cc2ccc3cc(O)ccc3c2)CC1. The second-order valence-electron chi connectivity index (χ2n) is 5.96. The molecule has 1 aliphatic heterocycles. The van der Waals surface area contributed by atoms with E-state index in [2.05, 4.69) is 17.0 Å². The number of phenols is 1. The van der Waals surface area contributed by atoms with Crippen LogP contribution in [0.2, 0.25) is 0 Å². The molecule has 3 rings (SSSR count). The smallest absolute Gasteiger partial charge is 0.248 e. The van der Waals surface area contributed by atoms with Crippen LogP contribution in [0.4, 0.5) is 0 Å². The Labute approximate surface area is 136 Å². The van der Waals surface area contributed by atoms with Gasteiger partial charge in [-0.05, 0) is 34.5 Å². The van der Waals surface area contributed by atoms with Gasteiger partial charge >= 0.3 is 0 Å². The number of phenolic OH excluding ortho intramolecular Hbond substituents is 1. The number of piperazine rings is 1. The van der Waals surface area contributed by atoms with E-state index in [-0.39, 0.29) is 12.5 Å². The zero-order chi connectivity index (χ0) is 16.2. The summed E-state index contributed by atoms with van der Waals surface area (Å²) in [5.74, 6) is 0.361. The van der Waals surface area contributed by atoms with Crippen LogP contribution in [-0.4, -0.2) is 60.7 Å². The molecule has 5 nitrogen and oxygen atoms in total. The third-order valence-corrected chi connectivity index (χ3v) is 4.29. The van der Waals surface area contributed by atoms with Crippen molar-refractivity contribution in [2.24, 2.45) is 0 Å². The number of amides is 1. The van der Waals surface area contributed by atoms with E-state index in [1.807, 2.05) is 17.0 Å². The third-order valence-electron chi connectivity index (χ3n) is 4.29. The van der Waals surface area contributed by atoms with E-state index in [1.165, 1.54) is 5.56 Å². The first-order chi connectivity index (χ1) is 11.2. The minimum absolute atomic E-state index is 0.0673. The van der Waals surface area contributed by atoms with Gasteiger partial charge in [0.15, 0.2) is 0 Å². The summed E-state index contributed by atoms with van der Waals surface area (Å²) in [6.45, 7) is 4.31. The number of fused-ring (bicyclic) bond motifs is 1. The predicted octanol–water partition coefficient (Wildman–Crippen LogP) is 1.84. The predicted molar refractivity (Wildman–Crippen MR) is 89.3 cm³/mol. The maximum absolute atomic E-state index is 11.8. The van der Waals surface area contributed by atoms with Gasteiger partial charge in [-0.2, -0.15) is 0 Å². The van der Waals surface area contributed by atoms with Crippen LogP contribution in [0.1, 0.15) is 5.56 Å². The van der Waals surface area contributed by atoms with Crippen molar-refractivity contribution in [3.8, 4) is 5.75 Å². The topological polar surface area (TPSA) is 53.0 Å². The summed E-state index contributed by atoms with van der Waals surface area (Å²) >= 11 is 0. The van der Waals surface area contributed by atoms with Crippen LogP contribution < -0.4 is 0 Å². The maximum Gasteiger partial charge on any atom is 0.248 e. The lowest BCUT2D eigenvalue weighted by atomic mass is 10.1. The van der Waals surface area contributed by atoms with Crippen molar-refractivity contribution in [1.82, 2.24) is 9.80 Å². The number of ether oxygens (including phenoxy) is 1. The molecule has 5 heteroatoms. The van der Waals surface area contributed by atoms with Gasteiger partial charge in [0.25, 0.3) is 0 Å². The summed E-state index contributed by atoms with van der Waals surface area (Å²) in [6, 6.07) is 11.7. The summed E-state index contributed by atoms with van der Waals surface area (Å²) in [7, 11) is 1.55. The first-order valence-corrected chi connectivity index (χ1v) is 7.86. The van der Waals surface area contributed by atoms with Crippen LogP contribution >= 0.6 is 0 Å². The minimum atomic E-state index is 0.0673. The quantitative estimate of drug-likeness (QED) is 0.935. The Balaban J connectivity index is 1.60. The zero-order valence-electron chi connectivity index (χ0n) is 13.4. The molecule has 1 fully saturated rings.